The number of carbonyl (C=O) groups is 2. The third-order valence-electron chi connectivity index (χ3n) is 8.99. The Morgan fingerprint density at radius 3 is 1.37 bits per heavy atom. The monoisotopic (exact) mass is 708 g/mol. The summed E-state index contributed by atoms with van der Waals surface area (Å²) in [4.78, 5) is 59.9. The molecule has 10 nitrogen and oxygen atoms in total. The molecule has 0 saturated carbocycles. The molecular weight excluding hydrogens is 660 g/mol. The third kappa shape index (κ3) is 10.9. The first-order valence-corrected chi connectivity index (χ1v) is 18.8. The quantitative estimate of drug-likeness (QED) is 0.0436. The lowest BCUT2D eigenvalue weighted by Crippen LogP contribution is -2.09. The van der Waals surface area contributed by atoms with Gasteiger partial charge in [-0.2, -0.15) is 0 Å². The number of fused-ring (bicyclic) bond motifs is 2. The van der Waals surface area contributed by atoms with Crippen LogP contribution in [0.25, 0.3) is 44.7 Å². The Morgan fingerprint density at radius 1 is 0.538 bits per heavy atom. The number of carbonyl (C=O) groups excluding carboxylic acids is 2. The standard InChI is InChI=1S/C42H48N2O8/c1-3-5-7-9-11-13-15-20-37(45)49-31-22-24-35-33(27-31)41(47)51-39(43-35)29-18-17-19-30(26-29)40-44-36-25-23-32(28-34(36)42(48)52-40)50-38(46)21-16-14-12-10-8-6-4-2/h17-19,22-28H,3-16,20-21H2,1-2H3. The maximum absolute atomic E-state index is 13.0. The predicted molar refractivity (Wildman–Crippen MR) is 201 cm³/mol. The van der Waals surface area contributed by atoms with Crippen LogP contribution in [0.3, 0.4) is 0 Å². The molecule has 52 heavy (non-hydrogen) atoms. The Labute approximate surface area is 303 Å². The average molecular weight is 709 g/mol. The van der Waals surface area contributed by atoms with E-state index in [0.29, 0.717) is 35.0 Å². The van der Waals surface area contributed by atoms with Crippen LogP contribution >= 0.6 is 0 Å². The normalized spacial score (nSPS) is 11.3. The van der Waals surface area contributed by atoms with E-state index in [1.807, 2.05) is 0 Å². The zero-order valence-corrected chi connectivity index (χ0v) is 30.2. The van der Waals surface area contributed by atoms with E-state index in [2.05, 4.69) is 23.8 Å². The molecule has 0 aliphatic carbocycles. The van der Waals surface area contributed by atoms with E-state index >= 15 is 0 Å². The van der Waals surface area contributed by atoms with Crippen molar-refractivity contribution in [2.75, 3.05) is 0 Å². The van der Waals surface area contributed by atoms with Gasteiger partial charge in [-0.05, 0) is 67.4 Å². The summed E-state index contributed by atoms with van der Waals surface area (Å²) in [5.41, 5.74) is 0.411. The molecule has 3 aromatic carbocycles. The van der Waals surface area contributed by atoms with Crippen molar-refractivity contribution in [3.8, 4) is 34.4 Å². The second kappa shape index (κ2) is 19.5. The molecule has 10 heteroatoms. The zero-order valence-electron chi connectivity index (χ0n) is 30.2. The third-order valence-corrected chi connectivity index (χ3v) is 8.99. The summed E-state index contributed by atoms with van der Waals surface area (Å²) in [6.07, 6.45) is 16.0. The van der Waals surface area contributed by atoms with Gasteiger partial charge in [-0.15, -0.1) is 0 Å². The molecule has 0 N–H and O–H groups in total. The smallest absolute Gasteiger partial charge is 0.347 e. The summed E-state index contributed by atoms with van der Waals surface area (Å²) in [7, 11) is 0. The number of hydrogen-bond donors (Lipinski definition) is 0. The Hall–Kier alpha value is -5.12. The minimum absolute atomic E-state index is 0.0640. The molecule has 5 rings (SSSR count). The van der Waals surface area contributed by atoms with Crippen molar-refractivity contribution in [2.45, 2.75) is 117 Å². The van der Waals surface area contributed by atoms with Crippen LogP contribution in [0.15, 0.2) is 79.1 Å². The lowest BCUT2D eigenvalue weighted by Gasteiger charge is -2.08. The van der Waals surface area contributed by atoms with Gasteiger partial charge < -0.3 is 18.3 Å². The van der Waals surface area contributed by atoms with Crippen LogP contribution in [0.5, 0.6) is 11.5 Å². The molecule has 274 valence electrons. The van der Waals surface area contributed by atoms with Gasteiger partial charge in [0, 0.05) is 24.0 Å². The van der Waals surface area contributed by atoms with Crippen molar-refractivity contribution >= 4 is 33.7 Å². The van der Waals surface area contributed by atoms with Gasteiger partial charge in [-0.25, -0.2) is 19.6 Å². The van der Waals surface area contributed by atoms with E-state index in [1.54, 1.807) is 48.5 Å². The molecule has 2 aromatic heterocycles. The summed E-state index contributed by atoms with van der Waals surface area (Å²) in [5.74, 6) is -0.0367. The number of esters is 2. The first kappa shape index (κ1) is 38.1. The van der Waals surface area contributed by atoms with Crippen LogP contribution in [0.4, 0.5) is 0 Å². The van der Waals surface area contributed by atoms with E-state index in [1.165, 1.54) is 63.5 Å². The lowest BCUT2D eigenvalue weighted by molar-refractivity contribution is -0.135. The summed E-state index contributed by atoms with van der Waals surface area (Å²) in [6.45, 7) is 4.37. The average Bonchev–Trinajstić information content (AvgIpc) is 3.14. The molecule has 0 atom stereocenters. The Balaban J connectivity index is 1.22. The van der Waals surface area contributed by atoms with E-state index in [9.17, 15) is 19.2 Å². The van der Waals surface area contributed by atoms with Crippen molar-refractivity contribution in [2.24, 2.45) is 0 Å². The number of hydrogen-bond acceptors (Lipinski definition) is 10. The van der Waals surface area contributed by atoms with Gasteiger partial charge in [0.2, 0.25) is 11.8 Å². The fourth-order valence-electron chi connectivity index (χ4n) is 6.08. The second-order valence-electron chi connectivity index (χ2n) is 13.2. The SMILES string of the molecule is CCCCCCCCCC(=O)Oc1ccc2nc(-c3cccc(-c4nc5ccc(OC(=O)CCCCCCCCC)cc5c(=O)o4)c3)oc(=O)c2c1. The molecule has 0 bridgehead atoms. The van der Waals surface area contributed by atoms with E-state index in [-0.39, 0.29) is 46.0 Å². The summed E-state index contributed by atoms with van der Waals surface area (Å²) >= 11 is 0. The van der Waals surface area contributed by atoms with Crippen molar-refractivity contribution in [1.29, 1.82) is 0 Å². The molecule has 0 saturated heterocycles. The molecule has 0 spiro atoms. The molecule has 0 aliphatic rings. The summed E-state index contributed by atoms with van der Waals surface area (Å²) in [6, 6.07) is 16.2. The van der Waals surface area contributed by atoms with Gasteiger partial charge >= 0.3 is 23.2 Å². The van der Waals surface area contributed by atoms with Gasteiger partial charge in [0.25, 0.3) is 0 Å². The highest BCUT2D eigenvalue weighted by atomic mass is 16.5. The van der Waals surface area contributed by atoms with Crippen molar-refractivity contribution < 1.29 is 27.9 Å². The first-order chi connectivity index (χ1) is 25.3. The van der Waals surface area contributed by atoms with E-state index < -0.39 is 11.3 Å². The summed E-state index contributed by atoms with van der Waals surface area (Å²) < 4.78 is 22.1. The van der Waals surface area contributed by atoms with Crippen LogP contribution in [0, 0.1) is 0 Å². The van der Waals surface area contributed by atoms with Crippen LogP contribution in [0.1, 0.15) is 117 Å². The highest BCUT2D eigenvalue weighted by molar-refractivity contribution is 5.83. The lowest BCUT2D eigenvalue weighted by atomic mass is 10.1. The number of unbranched alkanes of at least 4 members (excludes halogenated alkanes) is 12. The largest absolute Gasteiger partial charge is 0.427 e. The Bertz CT molecular complexity index is 1940. The van der Waals surface area contributed by atoms with Gasteiger partial charge in [0.15, 0.2) is 0 Å². The molecule has 0 unspecified atom stereocenters. The maximum Gasteiger partial charge on any atom is 0.347 e. The summed E-state index contributed by atoms with van der Waals surface area (Å²) in [5, 5.41) is 0.373. The molecule has 0 fully saturated rings. The van der Waals surface area contributed by atoms with Crippen molar-refractivity contribution in [1.82, 2.24) is 9.97 Å². The first-order valence-electron chi connectivity index (χ1n) is 18.8. The topological polar surface area (TPSA) is 139 Å². The molecule has 0 amide bonds. The van der Waals surface area contributed by atoms with Gasteiger partial charge in [-0.3, -0.25) is 9.59 Å². The molecule has 0 aliphatic heterocycles. The molecule has 0 radical (unpaired) electrons. The van der Waals surface area contributed by atoms with Gasteiger partial charge in [-0.1, -0.05) is 97.0 Å². The Morgan fingerprint density at radius 2 is 0.942 bits per heavy atom. The minimum Gasteiger partial charge on any atom is -0.427 e. The molecular formula is C42H48N2O8. The van der Waals surface area contributed by atoms with Crippen LogP contribution < -0.4 is 20.7 Å². The Kier molecular flexibility index (Phi) is 14.3. The second-order valence-corrected chi connectivity index (χ2v) is 13.2. The van der Waals surface area contributed by atoms with Gasteiger partial charge in [0.1, 0.15) is 11.5 Å². The fraction of sp³-hybridized carbons (Fsp3) is 0.429. The number of ether oxygens (including phenoxy) is 2. The van der Waals surface area contributed by atoms with Crippen molar-refractivity contribution in [3.63, 3.8) is 0 Å². The zero-order chi connectivity index (χ0) is 36.7. The highest BCUT2D eigenvalue weighted by Crippen LogP contribution is 2.27. The minimum atomic E-state index is -0.635. The number of rotatable bonds is 20. The van der Waals surface area contributed by atoms with Crippen LogP contribution in [-0.2, 0) is 9.59 Å². The van der Waals surface area contributed by atoms with Crippen LogP contribution in [-0.4, -0.2) is 21.9 Å². The van der Waals surface area contributed by atoms with Crippen LogP contribution in [0.2, 0.25) is 0 Å². The van der Waals surface area contributed by atoms with Gasteiger partial charge in [0.05, 0.1) is 21.8 Å². The number of nitrogens with zero attached hydrogens (tertiary/aromatic N) is 2. The van der Waals surface area contributed by atoms with Crippen molar-refractivity contribution in [3.05, 3.63) is 81.5 Å². The highest BCUT2D eigenvalue weighted by Gasteiger charge is 2.15. The van der Waals surface area contributed by atoms with E-state index in [4.69, 9.17) is 18.3 Å². The molecule has 2 heterocycles. The number of aromatic nitrogens is 2. The predicted octanol–water partition coefficient (Wildman–Crippen LogP) is 10.1. The number of benzene rings is 3. The van der Waals surface area contributed by atoms with E-state index in [0.717, 1.165) is 38.5 Å². The maximum atomic E-state index is 13.0. The fourth-order valence-corrected chi connectivity index (χ4v) is 6.08. The molecule has 5 aromatic rings.